The smallest absolute Gasteiger partial charge is 0.227 e. The molecule has 0 aliphatic heterocycles. The maximum absolute atomic E-state index is 13.1. The van der Waals surface area contributed by atoms with Crippen molar-refractivity contribution < 1.29 is 8.78 Å². The molecule has 0 unspecified atom stereocenters. The molecule has 6 rings (SSSR count). The van der Waals surface area contributed by atoms with E-state index in [-0.39, 0.29) is 11.6 Å². The van der Waals surface area contributed by atoms with Crippen LogP contribution in [0.2, 0.25) is 5.15 Å². The SMILES string of the molecule is CCN(CC)Cc1[nH]c(C)c(-c2ccnc(Nc3ccc(F)cc3)n2)c1C.Cc1[nH]c(Cl)c(C)c1-c1ccnc(Nc2ccc(F)cc2)n1. The van der Waals surface area contributed by atoms with E-state index in [0.29, 0.717) is 17.0 Å². The number of anilines is 4. The number of aryl methyl sites for hydroxylation is 2. The van der Waals surface area contributed by atoms with Gasteiger partial charge in [0.15, 0.2) is 0 Å². The molecule has 9 nitrogen and oxygen atoms in total. The first-order chi connectivity index (χ1) is 23.6. The van der Waals surface area contributed by atoms with E-state index >= 15 is 0 Å². The fraction of sp³-hybridized carbons (Fsp3) is 0.243. The Morgan fingerprint density at radius 1 is 0.653 bits per heavy atom. The van der Waals surface area contributed by atoms with Gasteiger partial charge in [0.2, 0.25) is 11.9 Å². The van der Waals surface area contributed by atoms with E-state index in [4.69, 9.17) is 11.6 Å². The lowest BCUT2D eigenvalue weighted by Gasteiger charge is -2.17. The largest absolute Gasteiger partial charge is 0.361 e. The molecule has 0 saturated heterocycles. The third-order valence-electron chi connectivity index (χ3n) is 8.22. The molecule has 0 amide bonds. The average Bonchev–Trinajstić information content (AvgIpc) is 3.52. The second-order valence-corrected chi connectivity index (χ2v) is 11.9. The molecule has 0 spiro atoms. The van der Waals surface area contributed by atoms with Crippen molar-refractivity contribution in [1.29, 1.82) is 0 Å². The number of hydrogen-bond donors (Lipinski definition) is 4. The number of H-pyrrole nitrogens is 2. The topological polar surface area (TPSA) is 110 Å². The minimum atomic E-state index is -0.284. The number of benzene rings is 2. The lowest BCUT2D eigenvalue weighted by Crippen LogP contribution is -2.22. The molecule has 2 aromatic carbocycles. The average molecular weight is 684 g/mol. The normalized spacial score (nSPS) is 11.0. The van der Waals surface area contributed by atoms with Crippen molar-refractivity contribution in [3.63, 3.8) is 0 Å². The van der Waals surface area contributed by atoms with Crippen LogP contribution in [0, 0.1) is 39.3 Å². The van der Waals surface area contributed by atoms with Gasteiger partial charge in [-0.3, -0.25) is 4.90 Å². The van der Waals surface area contributed by atoms with Crippen LogP contribution in [-0.4, -0.2) is 47.9 Å². The van der Waals surface area contributed by atoms with Gasteiger partial charge in [0.05, 0.1) is 11.4 Å². The molecular weight excluding hydrogens is 644 g/mol. The van der Waals surface area contributed by atoms with E-state index in [2.05, 4.69) is 73.1 Å². The van der Waals surface area contributed by atoms with E-state index in [1.165, 1.54) is 35.5 Å². The molecule has 4 N–H and O–H groups in total. The third-order valence-corrected chi connectivity index (χ3v) is 8.60. The maximum atomic E-state index is 13.1. The van der Waals surface area contributed by atoms with Crippen LogP contribution < -0.4 is 10.6 Å². The van der Waals surface area contributed by atoms with Gasteiger partial charge in [-0.05, 0) is 113 Å². The number of hydrogen-bond acceptors (Lipinski definition) is 7. The highest BCUT2D eigenvalue weighted by Crippen LogP contribution is 2.32. The summed E-state index contributed by atoms with van der Waals surface area (Å²) < 4.78 is 26.0. The lowest BCUT2D eigenvalue weighted by molar-refractivity contribution is 0.292. The van der Waals surface area contributed by atoms with Crippen molar-refractivity contribution in [2.45, 2.75) is 48.1 Å². The van der Waals surface area contributed by atoms with Crippen LogP contribution in [0.1, 0.15) is 42.1 Å². The fourth-order valence-electron chi connectivity index (χ4n) is 5.56. The van der Waals surface area contributed by atoms with E-state index in [1.54, 1.807) is 36.7 Å². The van der Waals surface area contributed by atoms with Crippen molar-refractivity contribution in [1.82, 2.24) is 34.8 Å². The van der Waals surface area contributed by atoms with E-state index in [0.717, 1.165) is 70.5 Å². The van der Waals surface area contributed by atoms with Crippen molar-refractivity contribution >= 4 is 34.9 Å². The summed E-state index contributed by atoms with van der Waals surface area (Å²) in [7, 11) is 0. The number of nitrogens with one attached hydrogen (secondary N) is 4. The first-order valence-electron chi connectivity index (χ1n) is 16.0. The second kappa shape index (κ2) is 15.8. The highest BCUT2D eigenvalue weighted by molar-refractivity contribution is 6.30. The Labute approximate surface area is 290 Å². The van der Waals surface area contributed by atoms with Crippen molar-refractivity contribution in [3.05, 3.63) is 118 Å². The standard InChI is InChI=1S/C21H26FN5.C16H14ClFN4/c1-5-27(6-2)13-19-14(3)20(15(4)24-19)18-11-12-23-21(26-18)25-17-9-7-16(22)8-10-17;1-9-14(10(2)20-15(9)17)13-7-8-19-16(22-13)21-12-5-3-11(18)4-6-12/h7-12,24H,5-6,13H2,1-4H3,(H,23,25,26);3-8,20H,1-2H3,(H,19,21,22). The van der Waals surface area contributed by atoms with E-state index in [9.17, 15) is 8.78 Å². The van der Waals surface area contributed by atoms with Crippen LogP contribution in [-0.2, 0) is 6.54 Å². The van der Waals surface area contributed by atoms with Crippen LogP contribution in [0.4, 0.5) is 32.1 Å². The van der Waals surface area contributed by atoms with Crippen LogP contribution in [0.5, 0.6) is 0 Å². The zero-order chi connectivity index (χ0) is 35.1. The van der Waals surface area contributed by atoms with Crippen LogP contribution in [0.15, 0.2) is 73.1 Å². The summed E-state index contributed by atoms with van der Waals surface area (Å²) in [4.78, 5) is 26.6. The molecule has 6 aromatic rings. The van der Waals surface area contributed by atoms with Gasteiger partial charge in [-0.1, -0.05) is 25.4 Å². The monoisotopic (exact) mass is 683 g/mol. The fourth-order valence-corrected chi connectivity index (χ4v) is 5.80. The zero-order valence-corrected chi connectivity index (χ0v) is 29.2. The number of rotatable bonds is 10. The Morgan fingerprint density at radius 3 is 1.53 bits per heavy atom. The summed E-state index contributed by atoms with van der Waals surface area (Å²) in [5.41, 5.74) is 10.6. The lowest BCUT2D eigenvalue weighted by atomic mass is 10.1. The Balaban J connectivity index is 0.000000195. The van der Waals surface area contributed by atoms with Crippen LogP contribution >= 0.6 is 11.6 Å². The Hall–Kier alpha value is -5.13. The Kier molecular flexibility index (Phi) is 11.4. The molecular formula is C37H40ClF2N9. The molecule has 12 heteroatoms. The highest BCUT2D eigenvalue weighted by atomic mass is 35.5. The second-order valence-electron chi connectivity index (χ2n) is 11.5. The molecule has 0 radical (unpaired) electrons. The molecule has 4 aromatic heterocycles. The number of aromatic nitrogens is 6. The number of halogens is 3. The van der Waals surface area contributed by atoms with Gasteiger partial charge in [-0.2, -0.15) is 0 Å². The summed E-state index contributed by atoms with van der Waals surface area (Å²) >= 11 is 6.12. The van der Waals surface area contributed by atoms with E-state index < -0.39 is 0 Å². The van der Waals surface area contributed by atoms with Crippen molar-refractivity contribution in [2.75, 3.05) is 23.7 Å². The molecule has 0 fully saturated rings. The molecule has 4 heterocycles. The van der Waals surface area contributed by atoms with Gasteiger partial charge in [0.1, 0.15) is 16.8 Å². The summed E-state index contributed by atoms with van der Waals surface area (Å²) in [5.74, 6) is 0.382. The summed E-state index contributed by atoms with van der Waals surface area (Å²) in [6, 6.07) is 15.9. The predicted octanol–water partition coefficient (Wildman–Crippen LogP) is 9.44. The van der Waals surface area contributed by atoms with Gasteiger partial charge in [0.25, 0.3) is 0 Å². The molecule has 0 aliphatic carbocycles. The van der Waals surface area contributed by atoms with Crippen molar-refractivity contribution in [3.8, 4) is 22.5 Å². The zero-order valence-electron chi connectivity index (χ0n) is 28.4. The molecule has 0 atom stereocenters. The van der Waals surface area contributed by atoms with E-state index in [1.807, 2.05) is 26.0 Å². The highest BCUT2D eigenvalue weighted by Gasteiger charge is 2.17. The molecule has 254 valence electrons. The van der Waals surface area contributed by atoms with Gasteiger partial charge in [0, 0.05) is 58.5 Å². The Morgan fingerprint density at radius 2 is 1.10 bits per heavy atom. The molecule has 0 bridgehead atoms. The van der Waals surface area contributed by atoms with Crippen LogP contribution in [0.3, 0.4) is 0 Å². The van der Waals surface area contributed by atoms with Gasteiger partial charge < -0.3 is 20.6 Å². The summed E-state index contributed by atoms with van der Waals surface area (Å²) in [5, 5.41) is 6.80. The summed E-state index contributed by atoms with van der Waals surface area (Å²) in [6.07, 6.45) is 3.41. The molecule has 49 heavy (non-hydrogen) atoms. The third kappa shape index (κ3) is 8.67. The minimum Gasteiger partial charge on any atom is -0.361 e. The van der Waals surface area contributed by atoms with Gasteiger partial charge in [-0.25, -0.2) is 28.7 Å². The predicted molar refractivity (Wildman–Crippen MR) is 194 cm³/mol. The minimum absolute atomic E-state index is 0.269. The van der Waals surface area contributed by atoms with Crippen LogP contribution in [0.25, 0.3) is 22.5 Å². The maximum Gasteiger partial charge on any atom is 0.227 e. The Bertz CT molecular complexity index is 2000. The first-order valence-corrected chi connectivity index (χ1v) is 16.4. The number of aromatic amines is 2. The first kappa shape index (κ1) is 35.2. The molecule has 0 aliphatic rings. The van der Waals surface area contributed by atoms with Gasteiger partial charge in [-0.15, -0.1) is 0 Å². The summed E-state index contributed by atoms with van der Waals surface area (Å²) in [6.45, 7) is 15.4. The quantitative estimate of drug-likeness (QED) is 0.114. The number of nitrogens with zero attached hydrogens (tertiary/aromatic N) is 5. The molecule has 0 saturated carbocycles. The van der Waals surface area contributed by atoms with Crippen molar-refractivity contribution in [2.24, 2.45) is 0 Å². The van der Waals surface area contributed by atoms with Gasteiger partial charge >= 0.3 is 0 Å².